The lowest BCUT2D eigenvalue weighted by molar-refractivity contribution is -0.111. The third-order valence-electron chi connectivity index (χ3n) is 3.73. The van der Waals surface area contributed by atoms with E-state index in [1.807, 2.05) is 66.9 Å². The van der Waals surface area contributed by atoms with Crippen molar-refractivity contribution in [1.29, 1.82) is 0 Å². The molecule has 0 bridgehead atoms. The van der Waals surface area contributed by atoms with Gasteiger partial charge in [0.25, 0.3) is 5.91 Å². The third kappa shape index (κ3) is 2.51. The van der Waals surface area contributed by atoms with Gasteiger partial charge in [0.05, 0.1) is 0 Å². The van der Waals surface area contributed by atoms with Gasteiger partial charge in [0, 0.05) is 22.7 Å². The number of aromatic nitrogens is 1. The van der Waals surface area contributed by atoms with Crippen molar-refractivity contribution in [3.63, 3.8) is 0 Å². The first-order valence-corrected chi connectivity index (χ1v) is 7.32. The summed E-state index contributed by atoms with van der Waals surface area (Å²) < 4.78 is 0. The second kappa shape index (κ2) is 5.50. The van der Waals surface area contributed by atoms with E-state index in [0.717, 1.165) is 22.0 Å². The summed E-state index contributed by atoms with van der Waals surface area (Å²) >= 11 is 0. The monoisotopic (exact) mass is 299 g/mol. The number of amides is 1. The third-order valence-corrected chi connectivity index (χ3v) is 3.73. The standard InChI is InChI=1S/C19H13N3O/c23-19-17(21-18(22-19)13-6-2-1-3-7-13)11-10-14-12-20-16-9-5-4-8-15(14)16/h1-12,20H. The van der Waals surface area contributed by atoms with E-state index in [2.05, 4.69) is 15.0 Å². The lowest BCUT2D eigenvalue weighted by Crippen LogP contribution is -2.02. The van der Waals surface area contributed by atoms with Gasteiger partial charge in [-0.05, 0) is 17.7 Å². The molecule has 110 valence electrons. The zero-order valence-corrected chi connectivity index (χ0v) is 12.2. The van der Waals surface area contributed by atoms with Gasteiger partial charge in [0.2, 0.25) is 0 Å². The second-order valence-corrected chi connectivity index (χ2v) is 5.23. The predicted octanol–water partition coefficient (Wildman–Crippen LogP) is 3.61. The molecule has 23 heavy (non-hydrogen) atoms. The van der Waals surface area contributed by atoms with Crippen LogP contribution in [-0.4, -0.2) is 22.4 Å². The van der Waals surface area contributed by atoms with E-state index in [4.69, 9.17) is 0 Å². The lowest BCUT2D eigenvalue weighted by atomic mass is 10.1. The number of H-pyrrole nitrogens is 1. The second-order valence-electron chi connectivity index (χ2n) is 5.23. The largest absolute Gasteiger partial charge is 0.361 e. The first kappa shape index (κ1) is 13.4. The first-order chi connectivity index (χ1) is 11.3. The smallest absolute Gasteiger partial charge is 0.297 e. The number of fused-ring (bicyclic) bond motifs is 1. The number of carbonyl (C=O) groups excluding carboxylic acids is 1. The molecule has 0 radical (unpaired) electrons. The van der Waals surface area contributed by atoms with E-state index in [-0.39, 0.29) is 5.91 Å². The summed E-state index contributed by atoms with van der Waals surface area (Å²) in [5, 5.41) is 1.11. The number of benzene rings is 2. The molecule has 4 heteroatoms. The van der Waals surface area contributed by atoms with Gasteiger partial charge in [-0.1, -0.05) is 54.6 Å². The highest BCUT2D eigenvalue weighted by molar-refractivity contribution is 6.50. The Kier molecular flexibility index (Phi) is 3.20. The fraction of sp³-hybridized carbons (Fsp3) is 0. The van der Waals surface area contributed by atoms with Crippen molar-refractivity contribution >= 4 is 34.4 Å². The normalized spacial score (nSPS) is 14.5. The molecule has 1 aliphatic heterocycles. The van der Waals surface area contributed by atoms with Gasteiger partial charge in [-0.15, -0.1) is 0 Å². The van der Waals surface area contributed by atoms with E-state index >= 15 is 0 Å². The summed E-state index contributed by atoms with van der Waals surface area (Å²) in [6.07, 6.45) is 5.52. The number of carbonyl (C=O) groups is 1. The zero-order chi connectivity index (χ0) is 15.6. The van der Waals surface area contributed by atoms with Crippen LogP contribution in [0.4, 0.5) is 0 Å². The molecular weight excluding hydrogens is 286 g/mol. The molecule has 4 rings (SSSR count). The fourth-order valence-electron chi connectivity index (χ4n) is 2.57. The number of amidine groups is 1. The van der Waals surface area contributed by atoms with Crippen LogP contribution in [0, 0.1) is 0 Å². The molecule has 3 aromatic rings. The maximum atomic E-state index is 12.0. The van der Waals surface area contributed by atoms with Gasteiger partial charge >= 0.3 is 0 Å². The van der Waals surface area contributed by atoms with Crippen LogP contribution in [0.3, 0.4) is 0 Å². The summed E-state index contributed by atoms with van der Waals surface area (Å²) in [6, 6.07) is 17.5. The Bertz CT molecular complexity index is 978. The van der Waals surface area contributed by atoms with E-state index in [9.17, 15) is 4.79 Å². The molecule has 1 amide bonds. The predicted molar refractivity (Wildman–Crippen MR) is 92.8 cm³/mol. The lowest BCUT2D eigenvalue weighted by Gasteiger charge is -1.94. The summed E-state index contributed by atoms with van der Waals surface area (Å²) in [7, 11) is 0. The molecule has 0 fully saturated rings. The van der Waals surface area contributed by atoms with Crippen molar-refractivity contribution < 1.29 is 4.79 Å². The van der Waals surface area contributed by atoms with Crippen molar-refractivity contribution in [2.24, 2.45) is 9.98 Å². The fourth-order valence-corrected chi connectivity index (χ4v) is 2.57. The summed E-state index contributed by atoms with van der Waals surface area (Å²) in [4.78, 5) is 23.6. The quantitative estimate of drug-likeness (QED) is 0.789. The SMILES string of the molecule is O=C1N=C(c2ccccc2)N=C1C=Cc1c[nH]c2ccccc12. The number of aromatic amines is 1. The Labute approximate surface area is 132 Å². The van der Waals surface area contributed by atoms with Crippen molar-refractivity contribution in [2.75, 3.05) is 0 Å². The zero-order valence-electron chi connectivity index (χ0n) is 12.2. The summed E-state index contributed by atoms with van der Waals surface area (Å²) in [5.74, 6) is 0.161. The highest BCUT2D eigenvalue weighted by Gasteiger charge is 2.18. The summed E-state index contributed by atoms with van der Waals surface area (Å²) in [6.45, 7) is 0. The van der Waals surface area contributed by atoms with Crippen LogP contribution in [0.15, 0.2) is 76.9 Å². The van der Waals surface area contributed by atoms with Gasteiger partial charge in [-0.25, -0.2) is 4.99 Å². The molecule has 1 aliphatic rings. The van der Waals surface area contributed by atoms with E-state index in [0.29, 0.717) is 11.5 Å². The number of aliphatic imine (C=N–C) groups is 2. The average Bonchev–Trinajstić information content (AvgIpc) is 3.17. The molecule has 0 saturated carbocycles. The molecule has 4 nitrogen and oxygen atoms in total. The van der Waals surface area contributed by atoms with Crippen LogP contribution in [-0.2, 0) is 4.79 Å². The minimum absolute atomic E-state index is 0.306. The maximum Gasteiger partial charge on any atom is 0.297 e. The number of rotatable bonds is 3. The van der Waals surface area contributed by atoms with E-state index < -0.39 is 0 Å². The van der Waals surface area contributed by atoms with Crippen LogP contribution in [0.25, 0.3) is 17.0 Å². The van der Waals surface area contributed by atoms with Crippen LogP contribution in [0.1, 0.15) is 11.1 Å². The Morgan fingerprint density at radius 2 is 1.65 bits per heavy atom. The Morgan fingerprint density at radius 1 is 0.870 bits per heavy atom. The molecule has 2 aromatic carbocycles. The molecular formula is C19H13N3O. The minimum atomic E-state index is -0.306. The van der Waals surface area contributed by atoms with E-state index in [1.54, 1.807) is 6.08 Å². The minimum Gasteiger partial charge on any atom is -0.361 e. The average molecular weight is 299 g/mol. The van der Waals surface area contributed by atoms with Crippen molar-refractivity contribution in [3.05, 3.63) is 78.0 Å². The Morgan fingerprint density at radius 3 is 2.52 bits per heavy atom. The number of nitrogens with one attached hydrogen (secondary N) is 1. The van der Waals surface area contributed by atoms with Crippen LogP contribution < -0.4 is 0 Å². The van der Waals surface area contributed by atoms with Gasteiger partial charge in [-0.2, -0.15) is 4.99 Å². The van der Waals surface area contributed by atoms with Gasteiger partial charge < -0.3 is 4.98 Å². The number of nitrogens with zero attached hydrogens (tertiary/aromatic N) is 2. The maximum absolute atomic E-state index is 12.0. The van der Waals surface area contributed by atoms with Crippen molar-refractivity contribution in [2.45, 2.75) is 0 Å². The van der Waals surface area contributed by atoms with E-state index in [1.165, 1.54) is 0 Å². The number of hydrogen-bond donors (Lipinski definition) is 1. The Balaban J connectivity index is 1.63. The number of hydrogen-bond acceptors (Lipinski definition) is 2. The molecule has 0 spiro atoms. The molecule has 0 unspecified atom stereocenters. The Hall–Kier alpha value is -3.27. The number of para-hydroxylation sites is 1. The molecule has 0 atom stereocenters. The molecule has 2 heterocycles. The van der Waals surface area contributed by atoms with Gasteiger partial charge in [-0.3, -0.25) is 4.79 Å². The topological polar surface area (TPSA) is 57.6 Å². The van der Waals surface area contributed by atoms with Gasteiger partial charge in [0.1, 0.15) is 5.71 Å². The summed E-state index contributed by atoms with van der Waals surface area (Å²) in [5.41, 5.74) is 3.28. The van der Waals surface area contributed by atoms with Crippen LogP contribution in [0.2, 0.25) is 0 Å². The molecule has 0 aliphatic carbocycles. The van der Waals surface area contributed by atoms with Gasteiger partial charge in [0.15, 0.2) is 5.84 Å². The van der Waals surface area contributed by atoms with Crippen molar-refractivity contribution in [3.8, 4) is 0 Å². The highest BCUT2D eigenvalue weighted by Crippen LogP contribution is 2.19. The molecule has 0 saturated heterocycles. The first-order valence-electron chi connectivity index (χ1n) is 7.32. The van der Waals surface area contributed by atoms with Crippen molar-refractivity contribution in [1.82, 2.24) is 4.98 Å². The molecule has 1 N–H and O–H groups in total. The molecule has 1 aromatic heterocycles. The highest BCUT2D eigenvalue weighted by atomic mass is 16.1. The van der Waals surface area contributed by atoms with Crippen LogP contribution >= 0.6 is 0 Å². The van der Waals surface area contributed by atoms with Crippen LogP contribution in [0.5, 0.6) is 0 Å².